The van der Waals surface area contributed by atoms with Gasteiger partial charge >= 0.3 is 6.18 Å². The van der Waals surface area contributed by atoms with Crippen LogP contribution in [-0.2, 0) is 6.18 Å². The Morgan fingerprint density at radius 3 is 2.24 bits per heavy atom. The zero-order valence-electron chi connectivity index (χ0n) is 12.2. The summed E-state index contributed by atoms with van der Waals surface area (Å²) in [7, 11) is 0. The Morgan fingerprint density at radius 1 is 1.24 bits per heavy atom. The van der Waals surface area contributed by atoms with E-state index in [1.54, 1.807) is 0 Å². The van der Waals surface area contributed by atoms with E-state index >= 15 is 0 Å². The Balaban J connectivity index is 2.88. The number of nitrogens with two attached hydrogens (primary N) is 1. The number of ketones is 1. The highest BCUT2D eigenvalue weighted by molar-refractivity contribution is 6.04. The minimum absolute atomic E-state index is 0.133. The molecule has 0 saturated carbocycles. The zero-order valence-corrected chi connectivity index (χ0v) is 12.2. The fourth-order valence-corrected chi connectivity index (χ4v) is 2.13. The summed E-state index contributed by atoms with van der Waals surface area (Å²) in [5, 5.41) is 0. The van der Waals surface area contributed by atoms with E-state index in [1.165, 1.54) is 18.2 Å². The maximum absolute atomic E-state index is 12.5. The van der Waals surface area contributed by atoms with Crippen LogP contribution in [0.4, 0.5) is 13.2 Å². The van der Waals surface area contributed by atoms with Crippen molar-refractivity contribution in [2.24, 2.45) is 11.7 Å². The van der Waals surface area contributed by atoms with Gasteiger partial charge < -0.3 is 5.73 Å². The molecular formula is C16H20F3NO. The highest BCUT2D eigenvalue weighted by Gasteiger charge is 2.30. The van der Waals surface area contributed by atoms with Crippen molar-refractivity contribution in [1.29, 1.82) is 0 Å². The Bertz CT molecular complexity index is 503. The van der Waals surface area contributed by atoms with E-state index < -0.39 is 11.7 Å². The van der Waals surface area contributed by atoms with E-state index in [9.17, 15) is 18.0 Å². The normalized spacial score (nSPS) is 14.0. The summed E-state index contributed by atoms with van der Waals surface area (Å²) in [6, 6.07) is 4.16. The first-order valence-corrected chi connectivity index (χ1v) is 6.98. The van der Waals surface area contributed by atoms with Crippen LogP contribution in [0.5, 0.6) is 0 Å². The smallest absolute Gasteiger partial charge is 0.402 e. The molecule has 0 heterocycles. The molecule has 116 valence electrons. The number of hydrogen-bond donors (Lipinski definition) is 1. The van der Waals surface area contributed by atoms with Gasteiger partial charge in [-0.05, 0) is 30.9 Å². The summed E-state index contributed by atoms with van der Waals surface area (Å²) in [6.07, 6.45) is -0.394. The van der Waals surface area contributed by atoms with Gasteiger partial charge in [-0.25, -0.2) is 0 Å². The van der Waals surface area contributed by atoms with Gasteiger partial charge in [-0.2, -0.15) is 13.2 Å². The molecule has 0 radical (unpaired) electrons. The number of alkyl halides is 3. The molecule has 0 spiro atoms. The largest absolute Gasteiger partial charge is 0.416 e. The Labute approximate surface area is 122 Å². The van der Waals surface area contributed by atoms with Gasteiger partial charge in [0.25, 0.3) is 0 Å². The van der Waals surface area contributed by atoms with Crippen molar-refractivity contribution in [2.45, 2.75) is 39.3 Å². The van der Waals surface area contributed by atoms with Crippen molar-refractivity contribution in [1.82, 2.24) is 0 Å². The van der Waals surface area contributed by atoms with Crippen LogP contribution in [0, 0.1) is 5.92 Å². The second-order valence-electron chi connectivity index (χ2n) is 4.98. The number of hydrogen-bond acceptors (Lipinski definition) is 2. The van der Waals surface area contributed by atoms with Crippen LogP contribution < -0.4 is 5.73 Å². The highest BCUT2D eigenvalue weighted by Crippen LogP contribution is 2.29. The van der Waals surface area contributed by atoms with E-state index in [0.717, 1.165) is 31.4 Å². The van der Waals surface area contributed by atoms with Crippen LogP contribution in [0.15, 0.2) is 36.0 Å². The molecule has 21 heavy (non-hydrogen) atoms. The molecule has 2 N–H and O–H groups in total. The number of carbonyl (C=O) groups excluding carboxylic acids is 1. The lowest BCUT2D eigenvalue weighted by atomic mass is 9.95. The van der Waals surface area contributed by atoms with Crippen molar-refractivity contribution in [3.8, 4) is 0 Å². The summed E-state index contributed by atoms with van der Waals surface area (Å²) in [5.41, 5.74) is 5.84. The van der Waals surface area contributed by atoms with Gasteiger partial charge in [-0.15, -0.1) is 0 Å². The van der Waals surface area contributed by atoms with Gasteiger partial charge in [-0.3, -0.25) is 4.79 Å². The molecule has 0 bridgehead atoms. The summed E-state index contributed by atoms with van der Waals surface area (Å²) in [6.45, 7) is 4.03. The highest BCUT2D eigenvalue weighted by atomic mass is 19.4. The molecule has 0 aliphatic heterocycles. The fraction of sp³-hybridized carbons (Fsp3) is 0.438. The van der Waals surface area contributed by atoms with Crippen molar-refractivity contribution in [2.75, 3.05) is 0 Å². The molecule has 0 fully saturated rings. The molecule has 1 aromatic carbocycles. The van der Waals surface area contributed by atoms with Gasteiger partial charge in [0, 0.05) is 17.3 Å². The zero-order chi connectivity index (χ0) is 16.0. The standard InChI is InChI=1S/C16H20F3NO/c1-3-5-11(4-2)14(20)10-15(21)12-6-8-13(9-7-12)16(17,18)19/h6-11H,3-5,20H2,1-2H3/b14-10-. The molecule has 1 rings (SSSR count). The van der Waals surface area contributed by atoms with Crippen molar-refractivity contribution >= 4 is 5.78 Å². The second-order valence-corrected chi connectivity index (χ2v) is 4.98. The van der Waals surface area contributed by atoms with Gasteiger partial charge in [0.1, 0.15) is 0 Å². The summed E-state index contributed by atoms with van der Waals surface area (Å²) < 4.78 is 37.4. The van der Waals surface area contributed by atoms with Crippen LogP contribution >= 0.6 is 0 Å². The van der Waals surface area contributed by atoms with Crippen LogP contribution in [0.2, 0.25) is 0 Å². The topological polar surface area (TPSA) is 43.1 Å². The molecule has 0 aromatic heterocycles. The summed E-state index contributed by atoms with van der Waals surface area (Å²) in [5.74, 6) is -0.232. The molecule has 2 nitrogen and oxygen atoms in total. The number of carbonyl (C=O) groups is 1. The fourth-order valence-electron chi connectivity index (χ4n) is 2.13. The maximum Gasteiger partial charge on any atom is 0.416 e. The third-order valence-corrected chi connectivity index (χ3v) is 3.40. The monoisotopic (exact) mass is 299 g/mol. The van der Waals surface area contributed by atoms with Crippen LogP contribution in [-0.4, -0.2) is 5.78 Å². The number of rotatable bonds is 6. The molecular weight excluding hydrogens is 279 g/mol. The molecule has 0 amide bonds. The van der Waals surface area contributed by atoms with Gasteiger partial charge in [-0.1, -0.05) is 32.4 Å². The van der Waals surface area contributed by atoms with Crippen molar-refractivity contribution < 1.29 is 18.0 Å². The van der Waals surface area contributed by atoms with E-state index in [0.29, 0.717) is 5.70 Å². The lowest BCUT2D eigenvalue weighted by Crippen LogP contribution is -2.13. The average molecular weight is 299 g/mol. The summed E-state index contributed by atoms with van der Waals surface area (Å²) in [4.78, 5) is 12.0. The van der Waals surface area contributed by atoms with Crippen LogP contribution in [0.3, 0.4) is 0 Å². The van der Waals surface area contributed by atoms with Gasteiger partial charge in [0.05, 0.1) is 5.56 Å². The minimum atomic E-state index is -4.40. The lowest BCUT2D eigenvalue weighted by molar-refractivity contribution is -0.137. The second kappa shape index (κ2) is 7.29. The maximum atomic E-state index is 12.5. The predicted molar refractivity (Wildman–Crippen MR) is 76.7 cm³/mol. The molecule has 0 aliphatic carbocycles. The predicted octanol–water partition coefficient (Wildman–Crippen LogP) is 4.56. The molecule has 0 aliphatic rings. The third kappa shape index (κ3) is 4.92. The van der Waals surface area contributed by atoms with Crippen molar-refractivity contribution in [3.63, 3.8) is 0 Å². The van der Waals surface area contributed by atoms with Crippen molar-refractivity contribution in [3.05, 3.63) is 47.2 Å². The quantitative estimate of drug-likeness (QED) is 0.618. The Kier molecular flexibility index (Phi) is 6.00. The molecule has 1 aromatic rings. The molecule has 1 unspecified atom stereocenters. The SMILES string of the molecule is CCCC(CC)/C(N)=C/C(=O)c1ccc(C(F)(F)F)cc1. The first-order valence-electron chi connectivity index (χ1n) is 6.98. The lowest BCUT2D eigenvalue weighted by Gasteiger charge is -2.14. The van der Waals surface area contributed by atoms with Crippen LogP contribution in [0.1, 0.15) is 49.0 Å². The Hall–Kier alpha value is -1.78. The van der Waals surface area contributed by atoms with E-state index in [-0.39, 0.29) is 17.3 Å². The minimum Gasteiger partial charge on any atom is -0.402 e. The summed E-state index contributed by atoms with van der Waals surface area (Å²) >= 11 is 0. The molecule has 0 saturated heterocycles. The number of allylic oxidation sites excluding steroid dienone is 2. The van der Waals surface area contributed by atoms with Crippen LogP contribution in [0.25, 0.3) is 0 Å². The first-order chi connectivity index (χ1) is 9.79. The third-order valence-electron chi connectivity index (χ3n) is 3.40. The average Bonchev–Trinajstić information content (AvgIpc) is 2.43. The number of benzene rings is 1. The first kappa shape index (κ1) is 17.3. The molecule has 1 atom stereocenters. The van der Waals surface area contributed by atoms with E-state index in [1.807, 2.05) is 13.8 Å². The van der Waals surface area contributed by atoms with E-state index in [2.05, 4.69) is 0 Å². The Morgan fingerprint density at radius 2 is 1.81 bits per heavy atom. The molecule has 5 heteroatoms. The number of halogens is 3. The van der Waals surface area contributed by atoms with Gasteiger partial charge in [0.15, 0.2) is 5.78 Å². The van der Waals surface area contributed by atoms with Gasteiger partial charge in [0.2, 0.25) is 0 Å². The van der Waals surface area contributed by atoms with E-state index in [4.69, 9.17) is 5.73 Å².